The Bertz CT molecular complexity index is 938. The van der Waals surface area contributed by atoms with Crippen LogP contribution in [0.1, 0.15) is 17.4 Å². The van der Waals surface area contributed by atoms with Crippen LogP contribution in [0.25, 0.3) is 5.65 Å². The molecule has 0 aliphatic rings. The summed E-state index contributed by atoms with van der Waals surface area (Å²) in [5.74, 6) is 1.18. The maximum Gasteiger partial charge on any atom is 0.200 e. The van der Waals surface area contributed by atoms with Crippen molar-refractivity contribution in [3.8, 4) is 0 Å². The zero-order chi connectivity index (χ0) is 17.1. The van der Waals surface area contributed by atoms with E-state index in [1.165, 1.54) is 4.63 Å². The van der Waals surface area contributed by atoms with Gasteiger partial charge in [0.2, 0.25) is 0 Å². The topological polar surface area (TPSA) is 92.6 Å². The van der Waals surface area contributed by atoms with Crippen molar-refractivity contribution in [3.63, 3.8) is 0 Å². The maximum absolute atomic E-state index is 10.5. The Labute approximate surface area is 143 Å². The summed E-state index contributed by atoms with van der Waals surface area (Å²) in [6.07, 6.45) is 0.774. The number of benzene rings is 1. The standard InChI is InChI=1S/C17H16N6O2/c24-14(15-7-4-10-25-15)12-22(11-13-5-2-1-3-6-13)17-9-8-16-18-20-21-23(16)19-17/h1-10,14,24H,11-12H2/t14-/m1/s1. The van der Waals surface area contributed by atoms with Crippen molar-refractivity contribution in [1.82, 2.24) is 25.3 Å². The fourth-order valence-electron chi connectivity index (χ4n) is 2.63. The summed E-state index contributed by atoms with van der Waals surface area (Å²) >= 11 is 0. The van der Waals surface area contributed by atoms with Crippen molar-refractivity contribution >= 4 is 11.5 Å². The molecule has 0 bridgehead atoms. The lowest BCUT2D eigenvalue weighted by Crippen LogP contribution is -2.29. The highest BCUT2D eigenvalue weighted by Gasteiger charge is 2.18. The predicted octanol–water partition coefficient (Wildman–Crippen LogP) is 1.85. The molecule has 1 N–H and O–H groups in total. The first-order chi connectivity index (χ1) is 12.3. The van der Waals surface area contributed by atoms with E-state index in [9.17, 15) is 5.11 Å². The van der Waals surface area contributed by atoms with Gasteiger partial charge in [-0.15, -0.1) is 14.8 Å². The monoisotopic (exact) mass is 336 g/mol. The fourth-order valence-corrected chi connectivity index (χ4v) is 2.63. The molecule has 4 aromatic rings. The number of rotatable bonds is 6. The molecule has 4 rings (SSSR count). The van der Waals surface area contributed by atoms with E-state index in [1.54, 1.807) is 24.5 Å². The molecule has 1 atom stereocenters. The second-order valence-electron chi connectivity index (χ2n) is 5.62. The Morgan fingerprint density at radius 3 is 2.76 bits per heavy atom. The molecule has 3 heterocycles. The van der Waals surface area contributed by atoms with E-state index in [4.69, 9.17) is 4.42 Å². The normalized spacial score (nSPS) is 12.4. The number of hydrogen-bond acceptors (Lipinski definition) is 7. The van der Waals surface area contributed by atoms with E-state index < -0.39 is 6.10 Å². The number of furan rings is 1. The van der Waals surface area contributed by atoms with Crippen LogP contribution in [0.15, 0.2) is 65.3 Å². The Morgan fingerprint density at radius 1 is 1.08 bits per heavy atom. The lowest BCUT2D eigenvalue weighted by atomic mass is 10.2. The van der Waals surface area contributed by atoms with Crippen LogP contribution in [0.5, 0.6) is 0 Å². The second-order valence-corrected chi connectivity index (χ2v) is 5.62. The van der Waals surface area contributed by atoms with Gasteiger partial charge in [-0.1, -0.05) is 30.3 Å². The van der Waals surface area contributed by atoms with Gasteiger partial charge in [0.25, 0.3) is 0 Å². The number of fused-ring (bicyclic) bond motifs is 1. The van der Waals surface area contributed by atoms with Crippen LogP contribution in [0.3, 0.4) is 0 Å². The van der Waals surface area contributed by atoms with E-state index in [-0.39, 0.29) is 0 Å². The molecule has 8 heteroatoms. The van der Waals surface area contributed by atoms with Gasteiger partial charge >= 0.3 is 0 Å². The Hall–Kier alpha value is -3.26. The van der Waals surface area contributed by atoms with Gasteiger partial charge in [0.05, 0.1) is 12.8 Å². The SMILES string of the molecule is O[C@H](CN(Cc1ccccc1)c1ccc2nnnn2n1)c1ccco1. The summed E-state index contributed by atoms with van der Waals surface area (Å²) in [4.78, 5) is 1.96. The van der Waals surface area contributed by atoms with Crippen LogP contribution in [-0.2, 0) is 6.54 Å². The number of aliphatic hydroxyl groups is 1. The highest BCUT2D eigenvalue weighted by molar-refractivity contribution is 5.45. The molecule has 126 valence electrons. The minimum atomic E-state index is -0.773. The van der Waals surface area contributed by atoms with Gasteiger partial charge in [-0.2, -0.15) is 0 Å². The zero-order valence-corrected chi connectivity index (χ0v) is 13.3. The molecule has 1 aromatic carbocycles. The Kier molecular flexibility index (Phi) is 4.09. The quantitative estimate of drug-likeness (QED) is 0.574. The summed E-state index contributed by atoms with van der Waals surface area (Å²) in [6.45, 7) is 0.905. The smallest absolute Gasteiger partial charge is 0.200 e. The van der Waals surface area contributed by atoms with E-state index in [0.717, 1.165) is 5.56 Å². The van der Waals surface area contributed by atoms with Gasteiger partial charge in [0.1, 0.15) is 11.9 Å². The van der Waals surface area contributed by atoms with Crippen molar-refractivity contribution in [2.45, 2.75) is 12.6 Å². The van der Waals surface area contributed by atoms with Crippen molar-refractivity contribution < 1.29 is 9.52 Å². The summed E-state index contributed by atoms with van der Waals surface area (Å²) in [5, 5.41) is 26.2. The third kappa shape index (κ3) is 3.33. The number of nitrogens with zero attached hydrogens (tertiary/aromatic N) is 6. The summed E-state index contributed by atoms with van der Waals surface area (Å²) in [5.41, 5.74) is 1.67. The minimum Gasteiger partial charge on any atom is -0.467 e. The summed E-state index contributed by atoms with van der Waals surface area (Å²) in [7, 11) is 0. The van der Waals surface area contributed by atoms with Gasteiger partial charge in [0.15, 0.2) is 11.5 Å². The van der Waals surface area contributed by atoms with Crippen molar-refractivity contribution in [2.24, 2.45) is 0 Å². The molecule has 0 saturated heterocycles. The van der Waals surface area contributed by atoms with Crippen LogP contribution < -0.4 is 4.90 Å². The molecule has 0 radical (unpaired) electrons. The molecule has 3 aromatic heterocycles. The first kappa shape index (κ1) is 15.3. The van der Waals surface area contributed by atoms with Crippen LogP contribution in [0.4, 0.5) is 5.82 Å². The van der Waals surface area contributed by atoms with Crippen molar-refractivity contribution in [3.05, 3.63) is 72.2 Å². The van der Waals surface area contributed by atoms with E-state index >= 15 is 0 Å². The van der Waals surface area contributed by atoms with E-state index in [0.29, 0.717) is 30.3 Å². The van der Waals surface area contributed by atoms with Crippen LogP contribution >= 0.6 is 0 Å². The average Bonchev–Trinajstić information content (AvgIpc) is 3.33. The molecule has 25 heavy (non-hydrogen) atoms. The molecule has 0 fully saturated rings. The van der Waals surface area contributed by atoms with Crippen molar-refractivity contribution in [1.29, 1.82) is 0 Å². The largest absolute Gasteiger partial charge is 0.467 e. The third-order valence-corrected chi connectivity index (χ3v) is 3.86. The fraction of sp³-hybridized carbons (Fsp3) is 0.176. The Morgan fingerprint density at radius 2 is 1.96 bits per heavy atom. The van der Waals surface area contributed by atoms with Gasteiger partial charge in [-0.25, -0.2) is 0 Å². The van der Waals surface area contributed by atoms with Gasteiger partial charge in [-0.05, 0) is 40.3 Å². The van der Waals surface area contributed by atoms with Gasteiger partial charge in [-0.3, -0.25) is 0 Å². The van der Waals surface area contributed by atoms with E-state index in [1.807, 2.05) is 41.3 Å². The first-order valence-electron chi connectivity index (χ1n) is 7.85. The highest BCUT2D eigenvalue weighted by atomic mass is 16.4. The van der Waals surface area contributed by atoms with Crippen LogP contribution in [-0.4, -0.2) is 36.9 Å². The molecule has 0 aliphatic heterocycles. The summed E-state index contributed by atoms with van der Waals surface area (Å²) in [6, 6.07) is 17.1. The molecule has 0 spiro atoms. The molecule has 8 nitrogen and oxygen atoms in total. The predicted molar refractivity (Wildman–Crippen MR) is 89.7 cm³/mol. The van der Waals surface area contributed by atoms with Gasteiger partial charge < -0.3 is 14.4 Å². The molecular formula is C17H16N6O2. The minimum absolute atomic E-state index is 0.322. The van der Waals surface area contributed by atoms with E-state index in [2.05, 4.69) is 20.6 Å². The molecule has 0 amide bonds. The first-order valence-corrected chi connectivity index (χ1v) is 7.85. The second kappa shape index (κ2) is 6.70. The number of aliphatic hydroxyl groups excluding tert-OH is 1. The number of anilines is 1. The number of aromatic nitrogens is 5. The average molecular weight is 336 g/mol. The Balaban J connectivity index is 1.64. The lowest BCUT2D eigenvalue weighted by Gasteiger charge is -2.25. The third-order valence-electron chi connectivity index (χ3n) is 3.86. The number of hydrogen-bond donors (Lipinski definition) is 1. The highest BCUT2D eigenvalue weighted by Crippen LogP contribution is 2.21. The van der Waals surface area contributed by atoms with Gasteiger partial charge in [0, 0.05) is 6.54 Å². The van der Waals surface area contributed by atoms with Crippen LogP contribution in [0, 0.1) is 0 Å². The summed E-state index contributed by atoms with van der Waals surface area (Å²) < 4.78 is 6.67. The van der Waals surface area contributed by atoms with Crippen molar-refractivity contribution in [2.75, 3.05) is 11.4 Å². The molecular weight excluding hydrogens is 320 g/mol. The molecule has 0 unspecified atom stereocenters. The molecule has 0 aliphatic carbocycles. The number of tetrazole rings is 1. The van der Waals surface area contributed by atoms with Crippen LogP contribution in [0.2, 0.25) is 0 Å². The molecule has 0 saturated carbocycles. The lowest BCUT2D eigenvalue weighted by molar-refractivity contribution is 0.154. The zero-order valence-electron chi connectivity index (χ0n) is 13.3. The maximum atomic E-state index is 10.5.